The number of piperidine rings is 1. The van der Waals surface area contributed by atoms with Crippen LogP contribution in [0.25, 0.3) is 0 Å². The van der Waals surface area contributed by atoms with Crippen molar-refractivity contribution in [1.82, 2.24) is 15.1 Å². The molecule has 0 bridgehead atoms. The molecule has 2 aliphatic heterocycles. The fourth-order valence-electron chi connectivity index (χ4n) is 3.82. The van der Waals surface area contributed by atoms with Crippen LogP contribution in [0.4, 0.5) is 4.79 Å². The predicted molar refractivity (Wildman–Crippen MR) is 119 cm³/mol. The Balaban J connectivity index is 1.77. The van der Waals surface area contributed by atoms with Crippen molar-refractivity contribution in [2.45, 2.75) is 52.6 Å². The molecule has 1 unspecified atom stereocenters. The van der Waals surface area contributed by atoms with Crippen LogP contribution in [0.15, 0.2) is 4.99 Å². The lowest BCUT2D eigenvalue weighted by atomic mass is 9.97. The second-order valence-corrected chi connectivity index (χ2v) is 9.27. The first-order chi connectivity index (χ1) is 14.3. The number of nitrogens with zero attached hydrogens (tertiary/aromatic N) is 3. The van der Waals surface area contributed by atoms with E-state index in [-0.39, 0.29) is 6.09 Å². The van der Waals surface area contributed by atoms with E-state index in [9.17, 15) is 4.79 Å². The first kappa shape index (κ1) is 24.7. The molecule has 8 heteroatoms. The lowest BCUT2D eigenvalue weighted by Crippen LogP contribution is -2.43. The van der Waals surface area contributed by atoms with Crippen molar-refractivity contribution in [2.75, 3.05) is 66.2 Å². The highest BCUT2D eigenvalue weighted by molar-refractivity contribution is 5.80. The van der Waals surface area contributed by atoms with Crippen molar-refractivity contribution in [3.05, 3.63) is 0 Å². The van der Waals surface area contributed by atoms with Crippen LogP contribution in [-0.4, -0.2) is 93.7 Å². The summed E-state index contributed by atoms with van der Waals surface area (Å²) < 4.78 is 16.2. The van der Waals surface area contributed by atoms with Gasteiger partial charge in [-0.2, -0.15) is 0 Å². The third kappa shape index (κ3) is 8.68. The SMILES string of the molecule is CCNC(=NCC1CCN(C(=O)OC(C)(C)C)CC1)N1CCC(COCCOC)C1. The normalized spacial score (nSPS) is 21.2. The van der Waals surface area contributed by atoms with E-state index in [1.54, 1.807) is 7.11 Å². The maximum atomic E-state index is 12.2. The highest BCUT2D eigenvalue weighted by atomic mass is 16.6. The van der Waals surface area contributed by atoms with Gasteiger partial charge in [-0.15, -0.1) is 0 Å². The quantitative estimate of drug-likeness (QED) is 0.365. The van der Waals surface area contributed by atoms with E-state index >= 15 is 0 Å². The first-order valence-electron chi connectivity index (χ1n) is 11.4. The number of methoxy groups -OCH3 is 1. The summed E-state index contributed by atoms with van der Waals surface area (Å²) in [7, 11) is 1.70. The van der Waals surface area contributed by atoms with Gasteiger partial charge in [0.1, 0.15) is 5.60 Å². The number of rotatable bonds is 8. The molecule has 8 nitrogen and oxygen atoms in total. The zero-order valence-electron chi connectivity index (χ0n) is 19.6. The molecule has 1 amide bonds. The maximum Gasteiger partial charge on any atom is 0.410 e. The van der Waals surface area contributed by atoms with Gasteiger partial charge in [0, 0.05) is 52.3 Å². The molecule has 1 atom stereocenters. The van der Waals surface area contributed by atoms with Gasteiger partial charge in [0.15, 0.2) is 5.96 Å². The number of carbonyl (C=O) groups excluding carboxylic acids is 1. The molecular weight excluding hydrogens is 384 g/mol. The molecule has 0 aromatic rings. The largest absolute Gasteiger partial charge is 0.444 e. The van der Waals surface area contributed by atoms with Gasteiger partial charge in [-0.3, -0.25) is 4.99 Å². The number of aliphatic imine (C=N–C) groups is 1. The van der Waals surface area contributed by atoms with Crippen LogP contribution in [0.2, 0.25) is 0 Å². The molecular formula is C22H42N4O4. The van der Waals surface area contributed by atoms with Crippen LogP contribution in [-0.2, 0) is 14.2 Å². The summed E-state index contributed by atoms with van der Waals surface area (Å²) in [6, 6.07) is 0. The molecule has 2 rings (SSSR count). The molecule has 0 aliphatic carbocycles. The van der Waals surface area contributed by atoms with Gasteiger partial charge >= 0.3 is 6.09 Å². The van der Waals surface area contributed by atoms with E-state index in [4.69, 9.17) is 19.2 Å². The predicted octanol–water partition coefficient (Wildman–Crippen LogP) is 2.58. The van der Waals surface area contributed by atoms with Gasteiger partial charge in [0.05, 0.1) is 19.8 Å². The van der Waals surface area contributed by atoms with E-state index in [0.29, 0.717) is 25.0 Å². The fraction of sp³-hybridized carbons (Fsp3) is 0.909. The zero-order valence-corrected chi connectivity index (χ0v) is 19.6. The molecule has 174 valence electrons. The summed E-state index contributed by atoms with van der Waals surface area (Å²) in [5.41, 5.74) is -0.443. The monoisotopic (exact) mass is 426 g/mol. The van der Waals surface area contributed by atoms with Crippen molar-refractivity contribution in [3.8, 4) is 0 Å². The highest BCUT2D eigenvalue weighted by Gasteiger charge is 2.28. The smallest absolute Gasteiger partial charge is 0.410 e. The number of ether oxygens (including phenoxy) is 3. The van der Waals surface area contributed by atoms with Gasteiger partial charge in [-0.1, -0.05) is 0 Å². The van der Waals surface area contributed by atoms with Crippen molar-refractivity contribution in [3.63, 3.8) is 0 Å². The van der Waals surface area contributed by atoms with Crippen molar-refractivity contribution >= 4 is 12.1 Å². The minimum atomic E-state index is -0.443. The Bertz CT molecular complexity index is 542. The molecule has 2 fully saturated rings. The number of carbonyl (C=O) groups is 1. The molecule has 0 radical (unpaired) electrons. The van der Waals surface area contributed by atoms with Gasteiger partial charge in [-0.05, 0) is 52.9 Å². The second kappa shape index (κ2) is 12.3. The van der Waals surface area contributed by atoms with E-state index in [2.05, 4.69) is 17.1 Å². The Morgan fingerprint density at radius 1 is 1.07 bits per heavy atom. The maximum absolute atomic E-state index is 12.2. The number of guanidine groups is 1. The molecule has 0 aromatic heterocycles. The summed E-state index contributed by atoms with van der Waals surface area (Å²) in [6.07, 6.45) is 2.87. The third-order valence-corrected chi connectivity index (χ3v) is 5.47. The number of hydrogen-bond donors (Lipinski definition) is 1. The topological polar surface area (TPSA) is 75.6 Å². The average molecular weight is 427 g/mol. The van der Waals surface area contributed by atoms with Gasteiger partial charge < -0.3 is 29.3 Å². The summed E-state index contributed by atoms with van der Waals surface area (Å²) in [4.78, 5) is 21.3. The molecule has 2 aliphatic rings. The Hall–Kier alpha value is -1.54. The molecule has 2 saturated heterocycles. The molecule has 1 N–H and O–H groups in total. The van der Waals surface area contributed by atoms with Crippen LogP contribution >= 0.6 is 0 Å². The van der Waals surface area contributed by atoms with Crippen LogP contribution in [0, 0.1) is 11.8 Å². The van der Waals surface area contributed by atoms with E-state index in [1.165, 1.54) is 0 Å². The fourth-order valence-corrected chi connectivity index (χ4v) is 3.82. The number of hydrogen-bond acceptors (Lipinski definition) is 5. The standard InChI is InChI=1S/C22H42N4O4/c1-6-23-20(26-12-9-19(16-26)17-29-14-13-28-5)24-15-18-7-10-25(11-8-18)21(27)30-22(2,3)4/h18-19H,6-17H2,1-5H3,(H,23,24). The minimum absolute atomic E-state index is 0.200. The summed E-state index contributed by atoms with van der Waals surface area (Å²) >= 11 is 0. The summed E-state index contributed by atoms with van der Waals surface area (Å²) in [6.45, 7) is 15.1. The van der Waals surface area contributed by atoms with E-state index < -0.39 is 5.60 Å². The summed E-state index contributed by atoms with van der Waals surface area (Å²) in [5.74, 6) is 2.06. The molecule has 0 spiro atoms. The van der Waals surface area contributed by atoms with Gasteiger partial charge in [0.2, 0.25) is 0 Å². The lowest BCUT2D eigenvalue weighted by Gasteiger charge is -2.33. The number of amides is 1. The Morgan fingerprint density at radius 2 is 1.73 bits per heavy atom. The van der Waals surface area contributed by atoms with E-state index in [0.717, 1.165) is 71.1 Å². The third-order valence-electron chi connectivity index (χ3n) is 5.47. The lowest BCUT2D eigenvalue weighted by molar-refractivity contribution is 0.0187. The second-order valence-electron chi connectivity index (χ2n) is 9.27. The van der Waals surface area contributed by atoms with Crippen LogP contribution in [0.1, 0.15) is 47.0 Å². The number of likely N-dealkylation sites (tertiary alicyclic amines) is 2. The average Bonchev–Trinajstić information content (AvgIpc) is 3.16. The molecule has 0 aromatic carbocycles. The van der Waals surface area contributed by atoms with E-state index in [1.807, 2.05) is 25.7 Å². The first-order valence-corrected chi connectivity index (χ1v) is 11.4. The van der Waals surface area contributed by atoms with Gasteiger partial charge in [0.25, 0.3) is 0 Å². The van der Waals surface area contributed by atoms with Crippen molar-refractivity contribution in [1.29, 1.82) is 0 Å². The van der Waals surface area contributed by atoms with Crippen molar-refractivity contribution < 1.29 is 19.0 Å². The minimum Gasteiger partial charge on any atom is -0.444 e. The molecule has 0 saturated carbocycles. The molecule has 2 heterocycles. The van der Waals surface area contributed by atoms with Gasteiger partial charge in [-0.25, -0.2) is 4.79 Å². The highest BCUT2D eigenvalue weighted by Crippen LogP contribution is 2.21. The van der Waals surface area contributed by atoms with Crippen LogP contribution in [0.5, 0.6) is 0 Å². The van der Waals surface area contributed by atoms with Crippen LogP contribution < -0.4 is 5.32 Å². The molecule has 30 heavy (non-hydrogen) atoms. The van der Waals surface area contributed by atoms with Crippen molar-refractivity contribution in [2.24, 2.45) is 16.8 Å². The Morgan fingerprint density at radius 3 is 2.37 bits per heavy atom. The van der Waals surface area contributed by atoms with Crippen LogP contribution in [0.3, 0.4) is 0 Å². The summed E-state index contributed by atoms with van der Waals surface area (Å²) in [5, 5.41) is 3.44. The number of nitrogens with one attached hydrogen (secondary N) is 1. The Kier molecular flexibility index (Phi) is 10.2. The Labute approximate surface area is 182 Å². The zero-order chi connectivity index (χ0) is 22.0.